The maximum Gasteiger partial charge on any atom is 0.433 e. The monoisotopic (exact) mass is 637 g/mol. The van der Waals surface area contributed by atoms with Gasteiger partial charge in [0.25, 0.3) is 5.91 Å². The zero-order valence-electron chi connectivity index (χ0n) is 23.5. The SMILES string of the molecule is CCOC(=O)C1CCCN(C(=O)c2ccc(CSc3nc(N4CCN(c5ccccc5Cl)CC4)cc(C(F)(F)F)n3)o2)C1. The topological polar surface area (TPSA) is 92.0 Å². The molecule has 0 saturated carbocycles. The lowest BCUT2D eigenvalue weighted by atomic mass is 9.98. The fraction of sp³-hybridized carbons (Fsp3) is 0.448. The predicted molar refractivity (Wildman–Crippen MR) is 156 cm³/mol. The first kappa shape index (κ1) is 31.0. The number of esters is 1. The third-order valence-corrected chi connectivity index (χ3v) is 8.51. The molecule has 3 aromatic rings. The van der Waals surface area contributed by atoms with E-state index in [1.165, 1.54) is 6.07 Å². The molecule has 1 atom stereocenters. The highest BCUT2D eigenvalue weighted by molar-refractivity contribution is 7.98. The van der Waals surface area contributed by atoms with Gasteiger partial charge in [-0.25, -0.2) is 9.97 Å². The van der Waals surface area contributed by atoms with Gasteiger partial charge in [-0.15, -0.1) is 0 Å². The van der Waals surface area contributed by atoms with Crippen LogP contribution in [0.2, 0.25) is 5.02 Å². The van der Waals surface area contributed by atoms with Crippen LogP contribution < -0.4 is 9.80 Å². The summed E-state index contributed by atoms with van der Waals surface area (Å²) in [6, 6.07) is 11.6. The quantitative estimate of drug-likeness (QED) is 0.173. The van der Waals surface area contributed by atoms with Gasteiger partial charge >= 0.3 is 12.1 Å². The number of nitrogens with zero attached hydrogens (tertiary/aromatic N) is 5. The van der Waals surface area contributed by atoms with Gasteiger partial charge in [0.1, 0.15) is 11.6 Å². The van der Waals surface area contributed by atoms with Crippen LogP contribution in [0, 0.1) is 5.92 Å². The summed E-state index contributed by atoms with van der Waals surface area (Å²) < 4.78 is 52.1. The second-order valence-corrected chi connectivity index (χ2v) is 11.6. The third kappa shape index (κ3) is 7.56. The number of anilines is 2. The highest BCUT2D eigenvalue weighted by Gasteiger charge is 2.35. The molecule has 2 aliphatic rings. The van der Waals surface area contributed by atoms with Crippen molar-refractivity contribution < 1.29 is 31.9 Å². The number of furan rings is 1. The Labute approximate surface area is 256 Å². The van der Waals surface area contributed by atoms with Crippen LogP contribution in [-0.2, 0) is 21.5 Å². The number of piperidine rings is 1. The Hall–Kier alpha value is -3.45. The van der Waals surface area contributed by atoms with E-state index < -0.39 is 11.9 Å². The average molecular weight is 638 g/mol. The molecule has 4 heterocycles. The second-order valence-electron chi connectivity index (χ2n) is 10.2. The number of aromatic nitrogens is 2. The van der Waals surface area contributed by atoms with Crippen LogP contribution in [0.15, 0.2) is 52.0 Å². The minimum absolute atomic E-state index is 0.0454. The fourth-order valence-electron chi connectivity index (χ4n) is 5.15. The molecule has 0 spiro atoms. The summed E-state index contributed by atoms with van der Waals surface area (Å²) in [5.41, 5.74) is -0.140. The number of piperazine rings is 1. The summed E-state index contributed by atoms with van der Waals surface area (Å²) >= 11 is 7.32. The number of alkyl halides is 3. The Morgan fingerprint density at radius 2 is 1.81 bits per heavy atom. The number of carbonyl (C=O) groups excluding carboxylic acids is 2. The van der Waals surface area contributed by atoms with Crippen molar-refractivity contribution >= 4 is 46.7 Å². The lowest BCUT2D eigenvalue weighted by Crippen LogP contribution is -2.47. The number of hydrogen-bond donors (Lipinski definition) is 0. The van der Waals surface area contributed by atoms with E-state index in [-0.39, 0.29) is 53.4 Å². The summed E-state index contributed by atoms with van der Waals surface area (Å²) in [5.74, 6) is -0.238. The number of hydrogen-bond acceptors (Lipinski definition) is 9. The number of benzene rings is 1. The van der Waals surface area contributed by atoms with Crippen molar-refractivity contribution in [3.63, 3.8) is 0 Å². The predicted octanol–water partition coefficient (Wildman–Crippen LogP) is 5.78. The van der Waals surface area contributed by atoms with E-state index in [2.05, 4.69) is 14.9 Å². The average Bonchev–Trinajstić information content (AvgIpc) is 3.49. The number of thioether (sulfide) groups is 1. The minimum atomic E-state index is -4.65. The van der Waals surface area contributed by atoms with Gasteiger partial charge in [0.05, 0.1) is 29.0 Å². The molecule has 2 aromatic heterocycles. The number of likely N-dealkylation sites (tertiary alicyclic amines) is 1. The maximum absolute atomic E-state index is 13.8. The number of rotatable bonds is 8. The van der Waals surface area contributed by atoms with Crippen LogP contribution >= 0.6 is 23.4 Å². The lowest BCUT2D eigenvalue weighted by Gasteiger charge is -2.37. The van der Waals surface area contributed by atoms with Gasteiger partial charge in [-0.1, -0.05) is 35.5 Å². The highest BCUT2D eigenvalue weighted by Crippen LogP contribution is 2.33. The molecular formula is C29H31ClF3N5O4S. The van der Waals surface area contributed by atoms with Crippen LogP contribution in [0.25, 0.3) is 0 Å². The molecule has 14 heteroatoms. The number of para-hydroxylation sites is 1. The molecule has 9 nitrogen and oxygen atoms in total. The Morgan fingerprint density at radius 1 is 1.07 bits per heavy atom. The second kappa shape index (κ2) is 13.5. The van der Waals surface area contributed by atoms with Crippen LogP contribution in [0.4, 0.5) is 24.7 Å². The summed E-state index contributed by atoms with van der Waals surface area (Å²) in [5, 5.41) is 0.576. The molecule has 2 fully saturated rings. The molecule has 0 bridgehead atoms. The minimum Gasteiger partial charge on any atom is -0.466 e. The van der Waals surface area contributed by atoms with Gasteiger partial charge in [-0.05, 0) is 44.0 Å². The number of halogens is 4. The van der Waals surface area contributed by atoms with Crippen LogP contribution in [0.1, 0.15) is 41.8 Å². The largest absolute Gasteiger partial charge is 0.466 e. The molecular weight excluding hydrogens is 607 g/mol. The molecule has 43 heavy (non-hydrogen) atoms. The van der Waals surface area contributed by atoms with Crippen LogP contribution in [0.3, 0.4) is 0 Å². The zero-order chi connectivity index (χ0) is 30.6. The zero-order valence-corrected chi connectivity index (χ0v) is 25.1. The lowest BCUT2D eigenvalue weighted by molar-refractivity contribution is -0.149. The summed E-state index contributed by atoms with van der Waals surface area (Å²) in [6.07, 6.45) is -3.33. The van der Waals surface area contributed by atoms with E-state index in [9.17, 15) is 22.8 Å². The van der Waals surface area contributed by atoms with Crippen molar-refractivity contribution in [2.75, 3.05) is 55.7 Å². The third-order valence-electron chi connectivity index (χ3n) is 7.32. The van der Waals surface area contributed by atoms with Gasteiger partial charge in [0.15, 0.2) is 16.6 Å². The van der Waals surface area contributed by atoms with E-state index in [0.29, 0.717) is 56.3 Å². The first-order valence-electron chi connectivity index (χ1n) is 14.0. The fourth-order valence-corrected chi connectivity index (χ4v) is 6.15. The molecule has 0 N–H and O–H groups in total. The molecule has 1 amide bonds. The summed E-state index contributed by atoms with van der Waals surface area (Å²) in [4.78, 5) is 38.8. The van der Waals surface area contributed by atoms with Crippen LogP contribution in [0.5, 0.6) is 0 Å². The van der Waals surface area contributed by atoms with Gasteiger partial charge < -0.3 is 23.9 Å². The highest BCUT2D eigenvalue weighted by atomic mass is 35.5. The Kier molecular flexibility index (Phi) is 9.70. The molecule has 5 rings (SSSR count). The molecule has 1 unspecified atom stereocenters. The Bertz CT molecular complexity index is 1450. The normalized spacial score (nSPS) is 17.7. The maximum atomic E-state index is 13.8. The molecule has 230 valence electrons. The van der Waals surface area contributed by atoms with Gasteiger partial charge in [0.2, 0.25) is 0 Å². The van der Waals surface area contributed by atoms with Crippen molar-refractivity contribution in [1.29, 1.82) is 0 Å². The van der Waals surface area contributed by atoms with Crippen molar-refractivity contribution in [3.05, 3.63) is 64.7 Å². The number of amides is 1. The number of carbonyl (C=O) groups is 2. The molecule has 2 aliphatic heterocycles. The van der Waals surface area contributed by atoms with E-state index in [1.54, 1.807) is 28.9 Å². The summed E-state index contributed by atoms with van der Waals surface area (Å²) in [6.45, 7) is 4.81. The van der Waals surface area contributed by atoms with E-state index in [1.807, 2.05) is 18.2 Å². The molecule has 1 aromatic carbocycles. The van der Waals surface area contributed by atoms with Gasteiger partial charge in [-0.3, -0.25) is 9.59 Å². The Balaban J connectivity index is 1.24. The molecule has 2 saturated heterocycles. The van der Waals surface area contributed by atoms with Crippen molar-refractivity contribution in [3.8, 4) is 0 Å². The van der Waals surface area contributed by atoms with E-state index >= 15 is 0 Å². The van der Waals surface area contributed by atoms with Crippen LogP contribution in [-0.4, -0.2) is 72.6 Å². The summed E-state index contributed by atoms with van der Waals surface area (Å²) in [7, 11) is 0. The van der Waals surface area contributed by atoms with Crippen molar-refractivity contribution in [1.82, 2.24) is 14.9 Å². The smallest absolute Gasteiger partial charge is 0.433 e. The van der Waals surface area contributed by atoms with Gasteiger partial charge in [0, 0.05) is 45.3 Å². The van der Waals surface area contributed by atoms with Gasteiger partial charge in [-0.2, -0.15) is 13.2 Å². The standard InChI is InChI=1S/C29H31ClF3N5O4S/c1-2-41-27(40)19-6-5-11-38(17-19)26(39)23-10-9-20(42-23)18-43-28-34-24(29(31,32)33)16-25(35-28)37-14-12-36(13-15-37)22-8-4-3-7-21(22)30/h3-4,7-10,16,19H,2,5-6,11-15,17-18H2,1H3. The van der Waals surface area contributed by atoms with Crippen molar-refractivity contribution in [2.24, 2.45) is 5.92 Å². The van der Waals surface area contributed by atoms with Crippen molar-refractivity contribution in [2.45, 2.75) is 36.9 Å². The first-order valence-corrected chi connectivity index (χ1v) is 15.4. The number of ether oxygens (including phenoxy) is 1. The Morgan fingerprint density at radius 3 is 2.53 bits per heavy atom. The first-order chi connectivity index (χ1) is 20.6. The molecule has 0 aliphatic carbocycles. The molecule has 0 radical (unpaired) electrons. The van der Waals surface area contributed by atoms with E-state index in [0.717, 1.165) is 23.5 Å². The van der Waals surface area contributed by atoms with E-state index in [4.69, 9.17) is 20.8 Å².